The van der Waals surface area contributed by atoms with Gasteiger partial charge in [0.2, 0.25) is 0 Å². The fraction of sp³-hybridized carbons (Fsp3) is 0.364. The molecule has 5 nitrogen and oxygen atoms in total. The van der Waals surface area contributed by atoms with Crippen LogP contribution in [-0.2, 0) is 17.8 Å². The number of nitrogens with zero attached hydrogens (tertiary/aromatic N) is 3. The minimum atomic E-state index is -0.244. The topological polar surface area (TPSA) is 46.8 Å². The van der Waals surface area contributed by atoms with Gasteiger partial charge in [0.25, 0.3) is 5.56 Å². The van der Waals surface area contributed by atoms with E-state index in [2.05, 4.69) is 9.88 Å². The molecule has 4 rings (SSSR count). The third-order valence-corrected chi connectivity index (χ3v) is 5.03. The number of aryl methyl sites for hydroxylation is 1. The monoisotopic (exact) mass is 381 g/mol. The molecule has 6 heteroatoms. The molecule has 28 heavy (non-hydrogen) atoms. The van der Waals surface area contributed by atoms with E-state index in [1.165, 1.54) is 6.07 Å². The Morgan fingerprint density at radius 1 is 1.25 bits per heavy atom. The Kier molecular flexibility index (Phi) is 5.50. The van der Waals surface area contributed by atoms with Crippen molar-refractivity contribution in [1.29, 1.82) is 0 Å². The average molecular weight is 381 g/mol. The molecule has 0 aliphatic carbocycles. The zero-order chi connectivity index (χ0) is 19.5. The number of ether oxygens (including phenoxy) is 1. The first kappa shape index (κ1) is 18.8. The van der Waals surface area contributed by atoms with Gasteiger partial charge in [-0.15, -0.1) is 0 Å². The van der Waals surface area contributed by atoms with Gasteiger partial charge < -0.3 is 4.74 Å². The van der Waals surface area contributed by atoms with E-state index >= 15 is 0 Å². The van der Waals surface area contributed by atoms with Crippen molar-refractivity contribution in [3.63, 3.8) is 0 Å². The van der Waals surface area contributed by atoms with E-state index < -0.39 is 0 Å². The molecule has 1 fully saturated rings. The molecule has 0 spiro atoms. The number of hydrogen-bond donors (Lipinski definition) is 0. The highest BCUT2D eigenvalue weighted by Gasteiger charge is 2.20. The molecule has 1 saturated heterocycles. The summed E-state index contributed by atoms with van der Waals surface area (Å²) in [6.07, 6.45) is 4.05. The van der Waals surface area contributed by atoms with Crippen molar-refractivity contribution in [1.82, 2.24) is 14.3 Å². The van der Waals surface area contributed by atoms with Gasteiger partial charge >= 0.3 is 0 Å². The fourth-order valence-corrected chi connectivity index (χ4v) is 3.72. The fourth-order valence-electron chi connectivity index (χ4n) is 3.72. The molecule has 3 heterocycles. The summed E-state index contributed by atoms with van der Waals surface area (Å²) in [5.41, 5.74) is 3.16. The number of aromatic nitrogens is 2. The minimum absolute atomic E-state index is 0.0912. The zero-order valence-electron chi connectivity index (χ0n) is 16.0. The molecule has 1 unspecified atom stereocenters. The number of halogens is 1. The molecule has 0 bridgehead atoms. The van der Waals surface area contributed by atoms with Gasteiger partial charge in [0.15, 0.2) is 0 Å². The molecule has 3 aromatic rings. The van der Waals surface area contributed by atoms with E-state index in [9.17, 15) is 9.18 Å². The molecule has 0 N–H and O–H groups in total. The van der Waals surface area contributed by atoms with Gasteiger partial charge in [0.05, 0.1) is 11.8 Å². The van der Waals surface area contributed by atoms with Crippen molar-refractivity contribution in [3.8, 4) is 0 Å². The van der Waals surface area contributed by atoms with E-state index in [0.717, 1.165) is 37.1 Å². The second-order valence-corrected chi connectivity index (χ2v) is 7.45. The van der Waals surface area contributed by atoms with Crippen molar-refractivity contribution in [2.24, 2.45) is 0 Å². The molecule has 1 aromatic carbocycles. The summed E-state index contributed by atoms with van der Waals surface area (Å²) in [7, 11) is 0. The summed E-state index contributed by atoms with van der Waals surface area (Å²) in [5, 5.41) is 0. The summed E-state index contributed by atoms with van der Waals surface area (Å²) in [6, 6.07) is 12.0. The van der Waals surface area contributed by atoms with Gasteiger partial charge in [-0.2, -0.15) is 0 Å². The molecule has 0 radical (unpaired) electrons. The van der Waals surface area contributed by atoms with Crippen LogP contribution >= 0.6 is 0 Å². The van der Waals surface area contributed by atoms with Crippen molar-refractivity contribution in [3.05, 3.63) is 81.7 Å². The van der Waals surface area contributed by atoms with Crippen LogP contribution in [0.4, 0.5) is 4.39 Å². The molecule has 146 valence electrons. The van der Waals surface area contributed by atoms with E-state index in [1.54, 1.807) is 28.8 Å². The lowest BCUT2D eigenvalue weighted by Gasteiger charge is -2.25. The number of fused-ring (bicyclic) bond motifs is 1. The predicted molar refractivity (Wildman–Crippen MR) is 106 cm³/mol. The second kappa shape index (κ2) is 8.20. The number of rotatable bonds is 6. The van der Waals surface area contributed by atoms with Crippen LogP contribution in [0.3, 0.4) is 0 Å². The Morgan fingerprint density at radius 2 is 2.14 bits per heavy atom. The van der Waals surface area contributed by atoms with E-state index in [0.29, 0.717) is 24.4 Å². The van der Waals surface area contributed by atoms with Crippen LogP contribution in [0.1, 0.15) is 29.7 Å². The second-order valence-electron chi connectivity index (χ2n) is 7.45. The molecular weight excluding hydrogens is 357 g/mol. The smallest absolute Gasteiger partial charge is 0.258 e. The lowest BCUT2D eigenvalue weighted by Crippen LogP contribution is -2.32. The van der Waals surface area contributed by atoms with Crippen molar-refractivity contribution >= 4 is 5.65 Å². The Balaban J connectivity index is 1.59. The van der Waals surface area contributed by atoms with Crippen LogP contribution in [0.5, 0.6) is 0 Å². The van der Waals surface area contributed by atoms with Gasteiger partial charge in [0, 0.05) is 38.5 Å². The first-order valence-electron chi connectivity index (χ1n) is 9.64. The Labute approximate surface area is 163 Å². The SMILES string of the molecule is Cc1ccc2nc(CN(Cc3cccc(F)c3)CC3CCCO3)cc(=O)n2c1. The molecule has 0 saturated carbocycles. The van der Waals surface area contributed by atoms with Gasteiger partial charge in [-0.05, 0) is 49.1 Å². The zero-order valence-corrected chi connectivity index (χ0v) is 16.0. The minimum Gasteiger partial charge on any atom is -0.377 e. The first-order chi connectivity index (χ1) is 13.6. The molecule has 0 amide bonds. The maximum Gasteiger partial charge on any atom is 0.258 e. The highest BCUT2D eigenvalue weighted by molar-refractivity contribution is 5.39. The lowest BCUT2D eigenvalue weighted by molar-refractivity contribution is 0.0674. The highest BCUT2D eigenvalue weighted by atomic mass is 19.1. The number of pyridine rings is 1. The van der Waals surface area contributed by atoms with Crippen LogP contribution in [0.15, 0.2) is 53.5 Å². The molecular formula is C22H24FN3O2. The molecule has 2 aromatic heterocycles. The third-order valence-electron chi connectivity index (χ3n) is 5.03. The van der Waals surface area contributed by atoms with Crippen LogP contribution in [0, 0.1) is 12.7 Å². The van der Waals surface area contributed by atoms with Crippen molar-refractivity contribution in [2.75, 3.05) is 13.2 Å². The van der Waals surface area contributed by atoms with Crippen LogP contribution < -0.4 is 5.56 Å². The van der Waals surface area contributed by atoms with E-state index in [1.807, 2.05) is 25.1 Å². The number of hydrogen-bond acceptors (Lipinski definition) is 4. The average Bonchev–Trinajstić information content (AvgIpc) is 3.15. The van der Waals surface area contributed by atoms with Gasteiger partial charge in [0.1, 0.15) is 11.5 Å². The summed E-state index contributed by atoms with van der Waals surface area (Å²) in [6.45, 7) is 4.55. The van der Waals surface area contributed by atoms with E-state index in [4.69, 9.17) is 4.74 Å². The van der Waals surface area contributed by atoms with Crippen LogP contribution in [-0.4, -0.2) is 33.5 Å². The third kappa shape index (κ3) is 4.46. The van der Waals surface area contributed by atoms with Gasteiger partial charge in [-0.1, -0.05) is 18.2 Å². The standard InChI is InChI=1S/C22H24FN3O2/c1-16-7-8-21-24-19(11-22(27)26(21)12-16)14-25(15-20-6-3-9-28-20)13-17-4-2-5-18(23)10-17/h2,4-5,7-8,10-12,20H,3,6,9,13-15H2,1H3. The normalized spacial score (nSPS) is 16.9. The largest absolute Gasteiger partial charge is 0.377 e. The van der Waals surface area contributed by atoms with Gasteiger partial charge in [-0.25, -0.2) is 9.37 Å². The predicted octanol–water partition coefficient (Wildman–Crippen LogP) is 3.32. The molecule has 1 aliphatic heterocycles. The maximum atomic E-state index is 13.6. The Hall–Kier alpha value is -2.57. The quantitative estimate of drug-likeness (QED) is 0.657. The first-order valence-corrected chi connectivity index (χ1v) is 9.64. The van der Waals surface area contributed by atoms with Crippen LogP contribution in [0.2, 0.25) is 0 Å². The molecule has 1 atom stereocenters. The summed E-state index contributed by atoms with van der Waals surface area (Å²) >= 11 is 0. The van der Waals surface area contributed by atoms with Crippen molar-refractivity contribution in [2.45, 2.75) is 39.0 Å². The maximum absolute atomic E-state index is 13.6. The summed E-state index contributed by atoms with van der Waals surface area (Å²) in [5.74, 6) is -0.244. The van der Waals surface area contributed by atoms with Crippen molar-refractivity contribution < 1.29 is 9.13 Å². The van der Waals surface area contributed by atoms with Gasteiger partial charge in [-0.3, -0.25) is 14.1 Å². The van der Waals surface area contributed by atoms with Crippen LogP contribution in [0.25, 0.3) is 5.65 Å². The van der Waals surface area contributed by atoms with E-state index in [-0.39, 0.29) is 17.5 Å². The summed E-state index contributed by atoms with van der Waals surface area (Å²) in [4.78, 5) is 19.3. The summed E-state index contributed by atoms with van der Waals surface area (Å²) < 4.78 is 21.0. The molecule has 1 aliphatic rings. The lowest BCUT2D eigenvalue weighted by atomic mass is 10.1. The Morgan fingerprint density at radius 3 is 2.93 bits per heavy atom. The highest BCUT2D eigenvalue weighted by Crippen LogP contribution is 2.17. The Bertz CT molecular complexity index is 1030. The number of benzene rings is 1.